The fourth-order valence-corrected chi connectivity index (χ4v) is 2.78. The monoisotopic (exact) mass is 295 g/mol. The number of thioether (sulfide) groups is 1. The van der Waals surface area contributed by atoms with Crippen LogP contribution in [0.25, 0.3) is 0 Å². The Morgan fingerprint density at radius 2 is 2.15 bits per heavy atom. The van der Waals surface area contributed by atoms with Crippen molar-refractivity contribution in [3.63, 3.8) is 0 Å². The maximum absolute atomic E-state index is 10.5. The Morgan fingerprint density at radius 1 is 1.40 bits per heavy atom. The molecule has 0 atom stereocenters. The molecule has 0 unspecified atom stereocenters. The summed E-state index contributed by atoms with van der Waals surface area (Å²) in [4.78, 5) is 14.4. The van der Waals surface area contributed by atoms with E-state index in [2.05, 4.69) is 35.4 Å². The number of nitrogens with zero attached hydrogens (tertiary/aromatic N) is 5. The van der Waals surface area contributed by atoms with Gasteiger partial charge in [0.25, 0.3) is 0 Å². The summed E-state index contributed by atoms with van der Waals surface area (Å²) in [5.41, 5.74) is -0.0106. The summed E-state index contributed by atoms with van der Waals surface area (Å²) >= 11 is 1.61. The molecule has 2 heterocycles. The first-order valence-corrected chi connectivity index (χ1v) is 7.21. The first kappa shape index (κ1) is 14.6. The molecule has 8 heteroatoms. The van der Waals surface area contributed by atoms with Crippen molar-refractivity contribution in [2.24, 2.45) is 0 Å². The molecule has 108 valence electrons. The summed E-state index contributed by atoms with van der Waals surface area (Å²) < 4.78 is 3.69. The quantitative estimate of drug-likeness (QED) is 0.481. The molecule has 0 N–H and O–H groups in total. The van der Waals surface area contributed by atoms with Crippen molar-refractivity contribution in [2.75, 3.05) is 5.75 Å². The van der Waals surface area contributed by atoms with E-state index in [1.54, 1.807) is 28.8 Å². The molecule has 0 saturated heterocycles. The minimum Gasteiger partial charge on any atom is -0.358 e. The van der Waals surface area contributed by atoms with E-state index in [1.807, 2.05) is 6.20 Å². The highest BCUT2D eigenvalue weighted by molar-refractivity contribution is 7.99. The van der Waals surface area contributed by atoms with Gasteiger partial charge in [-0.05, 0) is 25.7 Å². The van der Waals surface area contributed by atoms with Crippen LogP contribution in [-0.4, -0.2) is 30.0 Å². The maximum atomic E-state index is 10.5. The number of aromatic nitrogens is 4. The van der Waals surface area contributed by atoms with E-state index in [0.717, 1.165) is 10.9 Å². The summed E-state index contributed by atoms with van der Waals surface area (Å²) in [6.07, 6.45) is 5.36. The van der Waals surface area contributed by atoms with Gasteiger partial charge in [-0.1, -0.05) is 11.8 Å². The average Bonchev–Trinajstić information content (AvgIpc) is 2.96. The van der Waals surface area contributed by atoms with Crippen molar-refractivity contribution in [1.29, 1.82) is 0 Å². The standard InChI is InChI=1S/C12H17N5O2S/c1-12(2,3)16-7-5-13-11(16)20-9-8-15-6-4-10(14-15)17(18)19/h4-7H,8-9H2,1-3H3. The van der Waals surface area contributed by atoms with Gasteiger partial charge in [0.15, 0.2) is 5.16 Å². The first-order chi connectivity index (χ1) is 9.38. The van der Waals surface area contributed by atoms with Crippen LogP contribution in [0.1, 0.15) is 20.8 Å². The van der Waals surface area contributed by atoms with Gasteiger partial charge >= 0.3 is 5.82 Å². The Balaban J connectivity index is 1.93. The molecule has 2 aromatic heterocycles. The fraction of sp³-hybridized carbons (Fsp3) is 0.500. The van der Waals surface area contributed by atoms with Gasteiger partial charge in [-0.25, -0.2) is 4.98 Å². The van der Waals surface area contributed by atoms with E-state index in [0.29, 0.717) is 6.54 Å². The molecule has 0 aliphatic rings. The number of hydrogen-bond acceptors (Lipinski definition) is 5. The Bertz CT molecular complexity index is 599. The number of nitro groups is 1. The lowest BCUT2D eigenvalue weighted by Crippen LogP contribution is -2.21. The third-order valence-corrected chi connectivity index (χ3v) is 3.64. The van der Waals surface area contributed by atoms with E-state index in [1.165, 1.54) is 6.07 Å². The summed E-state index contributed by atoms with van der Waals surface area (Å²) in [7, 11) is 0. The number of aryl methyl sites for hydroxylation is 1. The topological polar surface area (TPSA) is 78.8 Å². The molecule has 20 heavy (non-hydrogen) atoms. The Hall–Kier alpha value is -1.83. The van der Waals surface area contributed by atoms with Crippen molar-refractivity contribution >= 4 is 17.6 Å². The second kappa shape index (κ2) is 5.66. The van der Waals surface area contributed by atoms with E-state index in [-0.39, 0.29) is 11.4 Å². The maximum Gasteiger partial charge on any atom is 0.389 e. The highest BCUT2D eigenvalue weighted by Gasteiger charge is 2.17. The van der Waals surface area contributed by atoms with Crippen LogP contribution in [0, 0.1) is 10.1 Å². The minimum absolute atomic E-state index is 0.0106. The highest BCUT2D eigenvalue weighted by atomic mass is 32.2. The van der Waals surface area contributed by atoms with E-state index in [9.17, 15) is 10.1 Å². The smallest absolute Gasteiger partial charge is 0.358 e. The molecular weight excluding hydrogens is 278 g/mol. The summed E-state index contributed by atoms with van der Waals surface area (Å²) in [6.45, 7) is 6.97. The molecular formula is C12H17N5O2S. The van der Waals surface area contributed by atoms with Crippen LogP contribution in [0.4, 0.5) is 5.82 Å². The average molecular weight is 295 g/mol. The second-order valence-corrected chi connectivity index (χ2v) is 6.36. The first-order valence-electron chi connectivity index (χ1n) is 6.22. The largest absolute Gasteiger partial charge is 0.389 e. The van der Waals surface area contributed by atoms with E-state index < -0.39 is 4.92 Å². The molecule has 0 spiro atoms. The second-order valence-electron chi connectivity index (χ2n) is 5.29. The lowest BCUT2D eigenvalue weighted by molar-refractivity contribution is -0.389. The molecule has 7 nitrogen and oxygen atoms in total. The van der Waals surface area contributed by atoms with Crippen LogP contribution < -0.4 is 0 Å². The zero-order chi connectivity index (χ0) is 14.8. The normalized spacial score (nSPS) is 11.8. The van der Waals surface area contributed by atoms with Gasteiger partial charge < -0.3 is 14.7 Å². The summed E-state index contributed by atoms with van der Waals surface area (Å²) in [6, 6.07) is 1.40. The van der Waals surface area contributed by atoms with E-state index in [4.69, 9.17) is 0 Å². The molecule has 0 amide bonds. The number of hydrogen-bond donors (Lipinski definition) is 0. The lowest BCUT2D eigenvalue weighted by Gasteiger charge is -2.22. The van der Waals surface area contributed by atoms with Gasteiger partial charge in [0.1, 0.15) is 0 Å². The molecule has 2 aromatic rings. The Morgan fingerprint density at radius 3 is 2.75 bits per heavy atom. The summed E-state index contributed by atoms with van der Waals surface area (Å²) in [5, 5.41) is 15.4. The van der Waals surface area contributed by atoms with Crippen molar-refractivity contribution in [1.82, 2.24) is 19.3 Å². The van der Waals surface area contributed by atoms with Crippen molar-refractivity contribution in [3.05, 3.63) is 34.8 Å². The Kier molecular flexibility index (Phi) is 4.12. The summed E-state index contributed by atoms with van der Waals surface area (Å²) in [5.74, 6) is 0.637. The third-order valence-electron chi connectivity index (χ3n) is 2.69. The van der Waals surface area contributed by atoms with Gasteiger partial charge in [-0.2, -0.15) is 4.68 Å². The SMILES string of the molecule is CC(C)(C)n1ccnc1SCCn1ccc([N+](=O)[O-])n1. The zero-order valence-corrected chi connectivity index (χ0v) is 12.5. The van der Waals surface area contributed by atoms with Crippen molar-refractivity contribution < 1.29 is 4.92 Å². The van der Waals surface area contributed by atoms with Crippen LogP contribution in [0.3, 0.4) is 0 Å². The number of imidazole rings is 1. The fourth-order valence-electron chi connectivity index (χ4n) is 1.71. The number of rotatable bonds is 5. The van der Waals surface area contributed by atoms with Gasteiger partial charge in [0.05, 0.1) is 23.9 Å². The molecule has 0 saturated carbocycles. The van der Waals surface area contributed by atoms with Gasteiger partial charge in [0.2, 0.25) is 0 Å². The van der Waals surface area contributed by atoms with Crippen LogP contribution in [0.2, 0.25) is 0 Å². The molecule has 0 aliphatic carbocycles. The minimum atomic E-state index is -0.490. The zero-order valence-electron chi connectivity index (χ0n) is 11.7. The molecule has 2 rings (SSSR count). The van der Waals surface area contributed by atoms with Crippen LogP contribution in [0.5, 0.6) is 0 Å². The Labute approximate surface area is 121 Å². The molecule has 0 aliphatic heterocycles. The third kappa shape index (κ3) is 3.38. The molecule has 0 aromatic carbocycles. The van der Waals surface area contributed by atoms with Crippen molar-refractivity contribution in [3.8, 4) is 0 Å². The van der Waals surface area contributed by atoms with Gasteiger partial charge in [0, 0.05) is 23.7 Å². The van der Waals surface area contributed by atoms with E-state index >= 15 is 0 Å². The van der Waals surface area contributed by atoms with Crippen LogP contribution >= 0.6 is 11.8 Å². The van der Waals surface area contributed by atoms with Crippen LogP contribution in [-0.2, 0) is 12.1 Å². The predicted octanol–water partition coefficient (Wildman–Crippen LogP) is 2.54. The predicted molar refractivity (Wildman–Crippen MR) is 76.8 cm³/mol. The molecule has 0 radical (unpaired) electrons. The lowest BCUT2D eigenvalue weighted by atomic mass is 10.1. The van der Waals surface area contributed by atoms with Crippen molar-refractivity contribution in [2.45, 2.75) is 38.0 Å². The molecule has 0 fully saturated rings. The van der Waals surface area contributed by atoms with Crippen LogP contribution in [0.15, 0.2) is 29.8 Å². The van der Waals surface area contributed by atoms with Gasteiger partial charge in [-0.3, -0.25) is 0 Å². The molecule has 0 bridgehead atoms. The highest BCUT2D eigenvalue weighted by Crippen LogP contribution is 2.23. The van der Waals surface area contributed by atoms with Gasteiger partial charge in [-0.15, -0.1) is 0 Å².